The van der Waals surface area contributed by atoms with Crippen molar-refractivity contribution in [2.45, 2.75) is 19.9 Å². The van der Waals surface area contributed by atoms with Crippen LogP contribution < -0.4 is 5.32 Å². The monoisotopic (exact) mass is 247 g/mol. The van der Waals surface area contributed by atoms with Crippen molar-refractivity contribution in [1.29, 1.82) is 0 Å². The third kappa shape index (κ3) is 2.43. The van der Waals surface area contributed by atoms with Gasteiger partial charge in [0.1, 0.15) is 11.6 Å². The molecule has 96 valence electrons. The Hall–Kier alpha value is -1.68. The lowest BCUT2D eigenvalue weighted by Gasteiger charge is -2.07. The first kappa shape index (κ1) is 12.8. The number of rotatable bonds is 4. The van der Waals surface area contributed by atoms with Crippen LogP contribution in [0, 0.1) is 12.7 Å². The SMILES string of the molecule is CNCc1nc(C)c(Cc2ccccc2F)n1C. The third-order valence-electron chi connectivity index (χ3n) is 3.16. The van der Waals surface area contributed by atoms with E-state index in [0.717, 1.165) is 17.2 Å². The summed E-state index contributed by atoms with van der Waals surface area (Å²) in [6, 6.07) is 6.88. The second-order valence-electron chi connectivity index (χ2n) is 4.42. The van der Waals surface area contributed by atoms with Crippen molar-refractivity contribution in [2.75, 3.05) is 7.05 Å². The molecule has 0 radical (unpaired) electrons. The maximum atomic E-state index is 13.7. The Labute approximate surface area is 107 Å². The molecule has 0 amide bonds. The van der Waals surface area contributed by atoms with E-state index in [9.17, 15) is 4.39 Å². The molecule has 4 heteroatoms. The van der Waals surface area contributed by atoms with Crippen molar-refractivity contribution >= 4 is 0 Å². The number of aryl methyl sites for hydroxylation is 1. The second-order valence-corrected chi connectivity index (χ2v) is 4.42. The summed E-state index contributed by atoms with van der Waals surface area (Å²) in [7, 11) is 3.86. The lowest BCUT2D eigenvalue weighted by Crippen LogP contribution is -2.11. The molecule has 1 heterocycles. The van der Waals surface area contributed by atoms with E-state index in [-0.39, 0.29) is 5.82 Å². The topological polar surface area (TPSA) is 29.9 Å². The number of halogens is 1. The molecule has 0 fully saturated rings. The maximum Gasteiger partial charge on any atom is 0.126 e. The molecule has 0 saturated carbocycles. The summed E-state index contributed by atoms with van der Waals surface area (Å²) in [5.41, 5.74) is 2.73. The standard InChI is InChI=1S/C14H18FN3/c1-10-13(18(3)14(17-10)9-16-2)8-11-6-4-5-7-12(11)15/h4-7,16H,8-9H2,1-3H3. The molecule has 0 bridgehead atoms. The summed E-state index contributed by atoms with van der Waals surface area (Å²) in [5, 5.41) is 3.08. The van der Waals surface area contributed by atoms with Crippen molar-refractivity contribution in [3.63, 3.8) is 0 Å². The lowest BCUT2D eigenvalue weighted by molar-refractivity contribution is 0.610. The molecule has 1 N–H and O–H groups in total. The van der Waals surface area contributed by atoms with Crippen LogP contribution in [0.1, 0.15) is 22.8 Å². The van der Waals surface area contributed by atoms with Gasteiger partial charge in [-0.2, -0.15) is 0 Å². The van der Waals surface area contributed by atoms with E-state index in [0.29, 0.717) is 18.5 Å². The minimum atomic E-state index is -0.159. The van der Waals surface area contributed by atoms with Gasteiger partial charge in [0.05, 0.1) is 12.2 Å². The van der Waals surface area contributed by atoms with Gasteiger partial charge in [0.2, 0.25) is 0 Å². The summed E-state index contributed by atoms with van der Waals surface area (Å²) in [6.45, 7) is 2.68. The molecule has 0 aliphatic rings. The summed E-state index contributed by atoms with van der Waals surface area (Å²) >= 11 is 0. The van der Waals surface area contributed by atoms with Gasteiger partial charge in [-0.15, -0.1) is 0 Å². The Balaban J connectivity index is 2.32. The van der Waals surface area contributed by atoms with Crippen LogP contribution in [0.4, 0.5) is 4.39 Å². The maximum absolute atomic E-state index is 13.7. The van der Waals surface area contributed by atoms with E-state index in [1.54, 1.807) is 6.07 Å². The van der Waals surface area contributed by atoms with Gasteiger partial charge in [0.15, 0.2) is 0 Å². The van der Waals surface area contributed by atoms with Crippen LogP contribution in [0.3, 0.4) is 0 Å². The zero-order chi connectivity index (χ0) is 13.1. The fourth-order valence-corrected chi connectivity index (χ4v) is 2.12. The summed E-state index contributed by atoms with van der Waals surface area (Å²) in [6.07, 6.45) is 0.575. The van der Waals surface area contributed by atoms with Crippen molar-refractivity contribution in [3.8, 4) is 0 Å². The van der Waals surface area contributed by atoms with Gasteiger partial charge in [-0.05, 0) is 25.6 Å². The quantitative estimate of drug-likeness (QED) is 0.897. The Kier molecular flexibility index (Phi) is 3.77. The smallest absolute Gasteiger partial charge is 0.126 e. The van der Waals surface area contributed by atoms with Crippen LogP contribution in [0.15, 0.2) is 24.3 Å². The fourth-order valence-electron chi connectivity index (χ4n) is 2.12. The summed E-state index contributed by atoms with van der Waals surface area (Å²) in [4.78, 5) is 4.50. The second kappa shape index (κ2) is 5.31. The highest BCUT2D eigenvalue weighted by atomic mass is 19.1. The number of imidazole rings is 1. The first-order valence-electron chi connectivity index (χ1n) is 6.02. The lowest BCUT2D eigenvalue weighted by atomic mass is 10.1. The highest BCUT2D eigenvalue weighted by Crippen LogP contribution is 2.17. The van der Waals surface area contributed by atoms with Crippen molar-refractivity contribution in [2.24, 2.45) is 7.05 Å². The van der Waals surface area contributed by atoms with E-state index in [2.05, 4.69) is 10.3 Å². The highest BCUT2D eigenvalue weighted by molar-refractivity contribution is 5.27. The first-order chi connectivity index (χ1) is 8.63. The molecule has 2 rings (SSSR count). The molecule has 1 aromatic heterocycles. The number of nitrogens with zero attached hydrogens (tertiary/aromatic N) is 2. The van der Waals surface area contributed by atoms with Crippen LogP contribution in [0.2, 0.25) is 0 Å². The number of hydrogen-bond acceptors (Lipinski definition) is 2. The molecule has 3 nitrogen and oxygen atoms in total. The molecule has 18 heavy (non-hydrogen) atoms. The normalized spacial score (nSPS) is 10.9. The average Bonchev–Trinajstić information content (AvgIpc) is 2.60. The Bertz CT molecular complexity index is 546. The number of benzene rings is 1. The number of nitrogens with one attached hydrogen (secondary N) is 1. The van der Waals surface area contributed by atoms with E-state index >= 15 is 0 Å². The van der Waals surface area contributed by atoms with E-state index in [1.807, 2.05) is 37.7 Å². The van der Waals surface area contributed by atoms with Gasteiger partial charge < -0.3 is 9.88 Å². The molecule has 0 saturated heterocycles. The summed E-state index contributed by atoms with van der Waals surface area (Å²) in [5.74, 6) is 0.814. The molecular weight excluding hydrogens is 229 g/mol. The van der Waals surface area contributed by atoms with Crippen LogP contribution in [-0.4, -0.2) is 16.6 Å². The minimum absolute atomic E-state index is 0.159. The molecule has 0 atom stereocenters. The fraction of sp³-hybridized carbons (Fsp3) is 0.357. The van der Waals surface area contributed by atoms with Gasteiger partial charge >= 0.3 is 0 Å². The Morgan fingerprint density at radius 3 is 2.72 bits per heavy atom. The number of aromatic nitrogens is 2. The van der Waals surface area contributed by atoms with E-state index in [1.165, 1.54) is 6.07 Å². The molecule has 0 spiro atoms. The van der Waals surface area contributed by atoms with E-state index in [4.69, 9.17) is 0 Å². The Morgan fingerprint density at radius 1 is 1.33 bits per heavy atom. The Morgan fingerprint density at radius 2 is 2.06 bits per heavy atom. The predicted molar refractivity (Wildman–Crippen MR) is 69.9 cm³/mol. The molecule has 0 aliphatic carbocycles. The third-order valence-corrected chi connectivity index (χ3v) is 3.16. The number of hydrogen-bond donors (Lipinski definition) is 1. The van der Waals surface area contributed by atoms with Crippen molar-refractivity contribution in [1.82, 2.24) is 14.9 Å². The van der Waals surface area contributed by atoms with Gasteiger partial charge in [-0.1, -0.05) is 18.2 Å². The van der Waals surface area contributed by atoms with Crippen LogP contribution >= 0.6 is 0 Å². The highest BCUT2D eigenvalue weighted by Gasteiger charge is 2.12. The molecule has 0 unspecified atom stereocenters. The van der Waals surface area contributed by atoms with Crippen LogP contribution in [0.25, 0.3) is 0 Å². The summed E-state index contributed by atoms with van der Waals surface area (Å²) < 4.78 is 15.7. The molecule has 2 aromatic rings. The van der Waals surface area contributed by atoms with E-state index < -0.39 is 0 Å². The largest absolute Gasteiger partial charge is 0.333 e. The van der Waals surface area contributed by atoms with Crippen molar-refractivity contribution < 1.29 is 4.39 Å². The van der Waals surface area contributed by atoms with Gasteiger partial charge in [0.25, 0.3) is 0 Å². The average molecular weight is 247 g/mol. The molecule has 0 aliphatic heterocycles. The molecule has 1 aromatic carbocycles. The van der Waals surface area contributed by atoms with Gasteiger partial charge in [-0.3, -0.25) is 0 Å². The zero-order valence-corrected chi connectivity index (χ0v) is 11.0. The van der Waals surface area contributed by atoms with Crippen molar-refractivity contribution in [3.05, 3.63) is 52.9 Å². The first-order valence-corrected chi connectivity index (χ1v) is 6.02. The predicted octanol–water partition coefficient (Wildman–Crippen LogP) is 2.18. The van der Waals surface area contributed by atoms with Crippen LogP contribution in [-0.2, 0) is 20.0 Å². The zero-order valence-electron chi connectivity index (χ0n) is 11.0. The van der Waals surface area contributed by atoms with Gasteiger partial charge in [0, 0.05) is 19.2 Å². The molecular formula is C14H18FN3. The van der Waals surface area contributed by atoms with Gasteiger partial charge in [-0.25, -0.2) is 9.37 Å². The van der Waals surface area contributed by atoms with Crippen LogP contribution in [0.5, 0.6) is 0 Å². The minimum Gasteiger partial charge on any atom is -0.333 e.